The number of rotatable bonds is 4. The quantitative estimate of drug-likeness (QED) is 0.459. The fourth-order valence-electron chi connectivity index (χ4n) is 1.22. The summed E-state index contributed by atoms with van der Waals surface area (Å²) in [5, 5.41) is 18.7. The number of nitrogens with two attached hydrogens (primary N) is 2. The Bertz CT molecular complexity index is 688. The molecule has 0 fully saturated rings. The molecule has 0 unspecified atom stereocenters. The summed E-state index contributed by atoms with van der Waals surface area (Å²) in [4.78, 5) is 4.10. The molecule has 98 valence electrons. The van der Waals surface area contributed by atoms with Crippen LogP contribution in [0.15, 0.2) is 20.6 Å². The van der Waals surface area contributed by atoms with E-state index in [2.05, 4.69) is 35.3 Å². The molecule has 0 aliphatic carbocycles. The highest BCUT2D eigenvalue weighted by atomic mass is 32.2. The summed E-state index contributed by atoms with van der Waals surface area (Å²) in [6.45, 7) is 0. The first-order chi connectivity index (χ1) is 9.24. The monoisotopic (exact) mass is 281 g/mol. The summed E-state index contributed by atoms with van der Waals surface area (Å²) >= 11 is 1.30. The van der Waals surface area contributed by atoms with Gasteiger partial charge in [-0.25, -0.2) is 9.31 Å². The lowest BCUT2D eigenvalue weighted by Gasteiger charge is -1.95. The minimum Gasteiger partial charge on any atom is -0.379 e. The molecule has 3 aromatic rings. The van der Waals surface area contributed by atoms with Gasteiger partial charge in [0.2, 0.25) is 16.9 Å². The van der Waals surface area contributed by atoms with Crippen LogP contribution in [-0.2, 0) is 5.75 Å². The number of aromatic nitrogens is 7. The lowest BCUT2D eigenvalue weighted by molar-refractivity contribution is 0.310. The van der Waals surface area contributed by atoms with Crippen molar-refractivity contribution >= 4 is 17.6 Å². The van der Waals surface area contributed by atoms with Crippen LogP contribution in [0.3, 0.4) is 0 Å². The molecule has 3 heterocycles. The van der Waals surface area contributed by atoms with E-state index in [4.69, 9.17) is 16.1 Å². The Labute approximate surface area is 109 Å². The Kier molecular flexibility index (Phi) is 2.75. The molecule has 0 radical (unpaired) electrons. The number of hydrogen-bond acceptors (Lipinski definition) is 11. The molecule has 0 saturated heterocycles. The summed E-state index contributed by atoms with van der Waals surface area (Å²) < 4.78 is 10.8. The third-order valence-corrected chi connectivity index (χ3v) is 3.00. The van der Waals surface area contributed by atoms with Crippen LogP contribution < -0.4 is 11.6 Å². The summed E-state index contributed by atoms with van der Waals surface area (Å²) in [7, 11) is 0. The number of nitrogens with zero attached hydrogens (tertiary/aromatic N) is 7. The molecule has 0 saturated carbocycles. The van der Waals surface area contributed by atoms with E-state index in [9.17, 15) is 0 Å². The minimum atomic E-state index is 0.0988. The third-order valence-electron chi connectivity index (χ3n) is 2.06. The average molecular weight is 281 g/mol. The predicted octanol–water partition coefficient (Wildman–Crippen LogP) is -0.701. The highest BCUT2D eigenvalue weighted by Gasteiger charge is 2.17. The summed E-state index contributed by atoms with van der Waals surface area (Å²) in [5.41, 5.74) is 5.76. The molecule has 19 heavy (non-hydrogen) atoms. The van der Waals surface area contributed by atoms with Crippen LogP contribution in [0.2, 0.25) is 0 Å². The highest BCUT2D eigenvalue weighted by molar-refractivity contribution is 7.98. The molecule has 0 aliphatic rings. The van der Waals surface area contributed by atoms with Crippen LogP contribution in [0.4, 0.5) is 5.82 Å². The van der Waals surface area contributed by atoms with Crippen molar-refractivity contribution in [3.8, 4) is 11.5 Å². The molecule has 11 nitrogen and oxygen atoms in total. The largest absolute Gasteiger partial charge is 0.379 e. The number of hydrogen-bond donors (Lipinski definition) is 2. The van der Waals surface area contributed by atoms with Crippen LogP contribution in [0, 0.1) is 0 Å². The van der Waals surface area contributed by atoms with Crippen molar-refractivity contribution in [1.82, 2.24) is 35.3 Å². The Morgan fingerprint density at radius 3 is 2.89 bits per heavy atom. The van der Waals surface area contributed by atoms with E-state index in [-0.39, 0.29) is 17.3 Å². The van der Waals surface area contributed by atoms with Gasteiger partial charge in [0.25, 0.3) is 0 Å². The number of thioether (sulfide) groups is 1. The second-order valence-corrected chi connectivity index (χ2v) is 4.26. The van der Waals surface area contributed by atoms with E-state index in [1.807, 2.05) is 0 Å². The van der Waals surface area contributed by atoms with E-state index in [1.54, 1.807) is 0 Å². The van der Waals surface area contributed by atoms with E-state index in [0.717, 1.165) is 0 Å². The standard InChI is InChI=1S/C7H7N9O2S/c8-5-4(13-18-14-5)6-11-3(17-15-6)1-19-7-12-10-2-16(7)9/h2H,1,9H2,(H2,8,14). The summed E-state index contributed by atoms with van der Waals surface area (Å²) in [5.74, 6) is 6.62. The van der Waals surface area contributed by atoms with Crippen molar-refractivity contribution in [1.29, 1.82) is 0 Å². The molecular weight excluding hydrogens is 274 g/mol. The van der Waals surface area contributed by atoms with Gasteiger partial charge in [0.1, 0.15) is 6.33 Å². The van der Waals surface area contributed by atoms with E-state index < -0.39 is 0 Å². The Hall–Kier alpha value is -2.63. The molecular formula is C7H7N9O2S. The van der Waals surface area contributed by atoms with Gasteiger partial charge in [0, 0.05) is 0 Å². The van der Waals surface area contributed by atoms with Gasteiger partial charge in [-0.05, 0) is 10.3 Å². The zero-order chi connectivity index (χ0) is 13.2. The van der Waals surface area contributed by atoms with Crippen molar-refractivity contribution in [3.63, 3.8) is 0 Å². The van der Waals surface area contributed by atoms with E-state index in [1.165, 1.54) is 22.8 Å². The first-order valence-corrected chi connectivity index (χ1v) is 5.91. The maximum absolute atomic E-state index is 5.56. The molecule has 0 aliphatic heterocycles. The van der Waals surface area contributed by atoms with Gasteiger partial charge in [0.05, 0.1) is 5.75 Å². The smallest absolute Gasteiger partial charge is 0.237 e. The average Bonchev–Trinajstić information content (AvgIpc) is 3.08. The van der Waals surface area contributed by atoms with Crippen molar-refractivity contribution < 1.29 is 9.15 Å². The maximum Gasteiger partial charge on any atom is 0.237 e. The molecule has 4 N–H and O–H groups in total. The molecule has 0 atom stereocenters. The van der Waals surface area contributed by atoms with Crippen molar-refractivity contribution in [3.05, 3.63) is 12.2 Å². The van der Waals surface area contributed by atoms with Gasteiger partial charge in [-0.1, -0.05) is 16.9 Å². The molecule has 0 aromatic carbocycles. The van der Waals surface area contributed by atoms with Gasteiger partial charge < -0.3 is 16.1 Å². The second-order valence-electron chi connectivity index (χ2n) is 3.32. The third kappa shape index (κ3) is 2.20. The molecule has 12 heteroatoms. The first kappa shape index (κ1) is 11.5. The fourth-order valence-corrected chi connectivity index (χ4v) is 1.89. The number of anilines is 1. The zero-order valence-electron chi connectivity index (χ0n) is 9.29. The van der Waals surface area contributed by atoms with Gasteiger partial charge >= 0.3 is 0 Å². The summed E-state index contributed by atoms with van der Waals surface area (Å²) in [6, 6.07) is 0. The highest BCUT2D eigenvalue weighted by Crippen LogP contribution is 2.22. The van der Waals surface area contributed by atoms with Gasteiger partial charge in [0.15, 0.2) is 11.5 Å². The topological polar surface area (TPSA) is 161 Å². The fraction of sp³-hybridized carbons (Fsp3) is 0.143. The van der Waals surface area contributed by atoms with Crippen LogP contribution in [0.25, 0.3) is 11.5 Å². The van der Waals surface area contributed by atoms with Gasteiger partial charge in [-0.2, -0.15) is 4.98 Å². The molecule has 3 aromatic heterocycles. The van der Waals surface area contributed by atoms with E-state index >= 15 is 0 Å². The van der Waals surface area contributed by atoms with Gasteiger partial charge in [-0.15, -0.1) is 10.2 Å². The summed E-state index contributed by atoms with van der Waals surface area (Å²) in [6.07, 6.45) is 1.39. The predicted molar refractivity (Wildman–Crippen MR) is 61.7 cm³/mol. The van der Waals surface area contributed by atoms with Crippen molar-refractivity contribution in [2.45, 2.75) is 10.9 Å². The first-order valence-electron chi connectivity index (χ1n) is 4.93. The van der Waals surface area contributed by atoms with Gasteiger partial charge in [-0.3, -0.25) is 0 Å². The molecule has 3 rings (SSSR count). The lowest BCUT2D eigenvalue weighted by Crippen LogP contribution is -2.07. The van der Waals surface area contributed by atoms with Crippen molar-refractivity contribution in [2.24, 2.45) is 0 Å². The Morgan fingerprint density at radius 2 is 2.21 bits per heavy atom. The molecule has 0 spiro atoms. The maximum atomic E-state index is 5.56. The minimum absolute atomic E-state index is 0.0988. The van der Waals surface area contributed by atoms with E-state index in [0.29, 0.717) is 16.8 Å². The van der Waals surface area contributed by atoms with Crippen LogP contribution in [0.5, 0.6) is 0 Å². The SMILES string of the molecule is Nc1nonc1-c1noc(CSc2nncn2N)n1. The molecule has 0 bridgehead atoms. The Morgan fingerprint density at radius 1 is 1.32 bits per heavy atom. The molecule has 0 amide bonds. The zero-order valence-corrected chi connectivity index (χ0v) is 10.1. The Balaban J connectivity index is 1.72. The normalized spacial score (nSPS) is 10.9. The second kappa shape index (κ2) is 4.56. The van der Waals surface area contributed by atoms with Crippen LogP contribution in [0.1, 0.15) is 5.89 Å². The van der Waals surface area contributed by atoms with Crippen LogP contribution in [-0.4, -0.2) is 35.3 Å². The van der Waals surface area contributed by atoms with Crippen molar-refractivity contribution in [2.75, 3.05) is 11.6 Å². The lowest BCUT2D eigenvalue weighted by atomic mass is 10.4. The number of nitrogen functional groups attached to an aromatic ring is 2. The van der Waals surface area contributed by atoms with Crippen LogP contribution >= 0.6 is 11.8 Å².